The minimum absolute atomic E-state index is 0.0733. The van der Waals surface area contributed by atoms with Crippen molar-refractivity contribution in [2.45, 2.75) is 63.2 Å². The van der Waals surface area contributed by atoms with Crippen LogP contribution in [0.15, 0.2) is 18.2 Å². The molecule has 0 radical (unpaired) electrons. The number of nitrogens with zero attached hydrogens (tertiary/aromatic N) is 2. The Morgan fingerprint density at radius 3 is 2.79 bits per heavy atom. The van der Waals surface area contributed by atoms with Gasteiger partial charge in [0.25, 0.3) is 5.91 Å². The first-order valence-corrected chi connectivity index (χ1v) is 10.8. The second-order valence-electron chi connectivity index (χ2n) is 8.98. The van der Waals surface area contributed by atoms with E-state index in [1.54, 1.807) is 4.90 Å². The van der Waals surface area contributed by atoms with Crippen molar-refractivity contribution in [1.29, 1.82) is 0 Å². The van der Waals surface area contributed by atoms with Crippen molar-refractivity contribution in [1.82, 2.24) is 20.4 Å². The summed E-state index contributed by atoms with van der Waals surface area (Å²) in [5.41, 5.74) is 3.05. The smallest absolute Gasteiger partial charge is 0.255 e. The molecule has 0 aliphatic carbocycles. The van der Waals surface area contributed by atoms with Gasteiger partial charge in [-0.2, -0.15) is 0 Å². The van der Waals surface area contributed by atoms with Gasteiger partial charge in [-0.05, 0) is 56.3 Å². The number of imide groups is 1. The van der Waals surface area contributed by atoms with Crippen LogP contribution in [-0.2, 0) is 22.7 Å². The van der Waals surface area contributed by atoms with Crippen LogP contribution in [0.4, 0.5) is 0 Å². The second kappa shape index (κ2) is 7.22. The largest absolute Gasteiger partial charge is 0.322 e. The quantitative estimate of drug-likeness (QED) is 0.750. The highest BCUT2D eigenvalue weighted by Crippen LogP contribution is 2.33. The molecule has 2 unspecified atom stereocenters. The fraction of sp³-hybridized carbons (Fsp3) is 0.591. The SMILES string of the molecule is O=C1CCC(N2Cc3cccc(CN4CCCC5(CCCN5)C4)c3C2=O)C(=O)N1. The topological polar surface area (TPSA) is 81.8 Å². The Morgan fingerprint density at radius 2 is 2.00 bits per heavy atom. The van der Waals surface area contributed by atoms with E-state index in [2.05, 4.69) is 15.5 Å². The second-order valence-corrected chi connectivity index (χ2v) is 8.98. The minimum Gasteiger partial charge on any atom is -0.322 e. The third-order valence-corrected chi connectivity index (χ3v) is 7.02. The van der Waals surface area contributed by atoms with Crippen molar-refractivity contribution in [3.8, 4) is 0 Å². The fourth-order valence-electron chi connectivity index (χ4n) is 5.64. The number of likely N-dealkylation sites (tertiary alicyclic amines) is 1. The molecule has 4 heterocycles. The molecule has 1 spiro atoms. The van der Waals surface area contributed by atoms with E-state index in [0.717, 1.165) is 42.9 Å². The fourth-order valence-corrected chi connectivity index (χ4v) is 5.64. The molecule has 154 valence electrons. The summed E-state index contributed by atoms with van der Waals surface area (Å²) in [4.78, 5) is 41.1. The van der Waals surface area contributed by atoms with Crippen LogP contribution in [0, 0.1) is 0 Å². The van der Waals surface area contributed by atoms with Gasteiger partial charge in [-0.1, -0.05) is 18.2 Å². The van der Waals surface area contributed by atoms with Gasteiger partial charge in [0.1, 0.15) is 6.04 Å². The number of nitrogens with one attached hydrogen (secondary N) is 2. The first kappa shape index (κ1) is 18.8. The molecule has 4 aliphatic rings. The van der Waals surface area contributed by atoms with E-state index < -0.39 is 6.04 Å². The van der Waals surface area contributed by atoms with Crippen molar-refractivity contribution in [3.63, 3.8) is 0 Å². The zero-order valence-electron chi connectivity index (χ0n) is 16.7. The standard InChI is InChI=1S/C22H28N4O3/c27-18-7-6-17(20(28)24-18)26-13-16-5-1-4-15(19(16)21(26)29)12-25-11-3-9-22(14-25)8-2-10-23-22/h1,4-5,17,23H,2-3,6-14H2,(H,24,27,28). The number of hydrogen-bond donors (Lipinski definition) is 2. The van der Waals surface area contributed by atoms with Crippen molar-refractivity contribution in [2.24, 2.45) is 0 Å². The van der Waals surface area contributed by atoms with Crippen LogP contribution in [0.5, 0.6) is 0 Å². The number of carbonyl (C=O) groups is 3. The Labute approximate surface area is 170 Å². The van der Waals surface area contributed by atoms with Gasteiger partial charge in [0.05, 0.1) is 0 Å². The third kappa shape index (κ3) is 3.36. The molecule has 1 aromatic carbocycles. The molecule has 0 bridgehead atoms. The molecule has 3 amide bonds. The summed E-state index contributed by atoms with van der Waals surface area (Å²) in [5.74, 6) is -0.680. The number of amides is 3. The van der Waals surface area contributed by atoms with E-state index in [-0.39, 0.29) is 29.7 Å². The van der Waals surface area contributed by atoms with Gasteiger partial charge in [-0.25, -0.2) is 0 Å². The molecule has 1 aromatic rings. The van der Waals surface area contributed by atoms with E-state index >= 15 is 0 Å². The van der Waals surface area contributed by atoms with Gasteiger partial charge in [0.2, 0.25) is 11.8 Å². The number of piperidine rings is 2. The zero-order valence-corrected chi connectivity index (χ0v) is 16.7. The summed E-state index contributed by atoms with van der Waals surface area (Å²) in [6.07, 6.45) is 5.58. The van der Waals surface area contributed by atoms with Crippen LogP contribution in [0.2, 0.25) is 0 Å². The predicted octanol–water partition coefficient (Wildman–Crippen LogP) is 1.17. The monoisotopic (exact) mass is 396 g/mol. The van der Waals surface area contributed by atoms with E-state index in [0.29, 0.717) is 13.0 Å². The van der Waals surface area contributed by atoms with E-state index in [9.17, 15) is 14.4 Å². The zero-order chi connectivity index (χ0) is 20.0. The molecule has 29 heavy (non-hydrogen) atoms. The lowest BCUT2D eigenvalue weighted by atomic mass is 9.87. The molecule has 2 N–H and O–H groups in total. The maximum absolute atomic E-state index is 13.3. The molecule has 4 aliphatic heterocycles. The number of fused-ring (bicyclic) bond motifs is 1. The lowest BCUT2D eigenvalue weighted by Gasteiger charge is -2.41. The van der Waals surface area contributed by atoms with Crippen LogP contribution < -0.4 is 10.6 Å². The lowest BCUT2D eigenvalue weighted by molar-refractivity contribution is -0.136. The molecule has 5 rings (SSSR count). The van der Waals surface area contributed by atoms with E-state index in [1.165, 1.54) is 25.7 Å². The molecular formula is C22H28N4O3. The first-order valence-electron chi connectivity index (χ1n) is 10.8. The number of rotatable bonds is 3. The minimum atomic E-state index is -0.554. The van der Waals surface area contributed by atoms with Gasteiger partial charge in [0, 0.05) is 37.2 Å². The Balaban J connectivity index is 1.35. The molecule has 3 fully saturated rings. The Bertz CT molecular complexity index is 862. The normalized spacial score (nSPS) is 30.1. The van der Waals surface area contributed by atoms with Crippen molar-refractivity contribution >= 4 is 17.7 Å². The highest BCUT2D eigenvalue weighted by atomic mass is 16.2. The van der Waals surface area contributed by atoms with E-state index in [1.807, 2.05) is 18.2 Å². The van der Waals surface area contributed by atoms with Gasteiger partial charge in [-0.3, -0.25) is 24.6 Å². The molecule has 3 saturated heterocycles. The molecule has 0 saturated carbocycles. The Kier molecular flexibility index (Phi) is 4.67. The average molecular weight is 396 g/mol. The average Bonchev–Trinajstić information content (AvgIpc) is 3.27. The summed E-state index contributed by atoms with van der Waals surface area (Å²) in [5, 5.41) is 6.09. The highest BCUT2D eigenvalue weighted by Gasteiger charge is 2.41. The third-order valence-electron chi connectivity index (χ3n) is 7.02. The summed E-state index contributed by atoms with van der Waals surface area (Å²) >= 11 is 0. The molecule has 0 aromatic heterocycles. The van der Waals surface area contributed by atoms with Crippen LogP contribution >= 0.6 is 0 Å². The van der Waals surface area contributed by atoms with Crippen LogP contribution in [0.25, 0.3) is 0 Å². The Morgan fingerprint density at radius 1 is 1.14 bits per heavy atom. The van der Waals surface area contributed by atoms with Gasteiger partial charge in [-0.15, -0.1) is 0 Å². The number of benzene rings is 1. The molecule has 2 atom stereocenters. The van der Waals surface area contributed by atoms with Crippen molar-refractivity contribution in [2.75, 3.05) is 19.6 Å². The number of hydrogen-bond acceptors (Lipinski definition) is 5. The number of carbonyl (C=O) groups excluding carboxylic acids is 3. The summed E-state index contributed by atoms with van der Waals surface area (Å²) in [7, 11) is 0. The first-order chi connectivity index (χ1) is 14.0. The molecule has 7 heteroatoms. The summed E-state index contributed by atoms with van der Waals surface area (Å²) in [6.45, 7) is 4.40. The van der Waals surface area contributed by atoms with Gasteiger partial charge in [0.15, 0.2) is 0 Å². The van der Waals surface area contributed by atoms with Crippen molar-refractivity contribution in [3.05, 3.63) is 34.9 Å². The van der Waals surface area contributed by atoms with Crippen LogP contribution in [-0.4, -0.2) is 58.7 Å². The lowest BCUT2D eigenvalue weighted by Crippen LogP contribution is -2.53. The van der Waals surface area contributed by atoms with Crippen molar-refractivity contribution < 1.29 is 14.4 Å². The summed E-state index contributed by atoms with van der Waals surface area (Å²) < 4.78 is 0. The van der Waals surface area contributed by atoms with Crippen LogP contribution in [0.3, 0.4) is 0 Å². The summed E-state index contributed by atoms with van der Waals surface area (Å²) in [6, 6.07) is 5.50. The molecular weight excluding hydrogens is 368 g/mol. The van der Waals surface area contributed by atoms with E-state index in [4.69, 9.17) is 0 Å². The highest BCUT2D eigenvalue weighted by molar-refractivity contribution is 6.05. The molecule has 7 nitrogen and oxygen atoms in total. The van der Waals surface area contributed by atoms with Crippen LogP contribution in [0.1, 0.15) is 60.0 Å². The van der Waals surface area contributed by atoms with Gasteiger partial charge >= 0.3 is 0 Å². The Hall–Kier alpha value is -2.25. The maximum Gasteiger partial charge on any atom is 0.255 e. The maximum atomic E-state index is 13.3. The van der Waals surface area contributed by atoms with Gasteiger partial charge < -0.3 is 10.2 Å². The predicted molar refractivity (Wildman–Crippen MR) is 107 cm³/mol.